The van der Waals surface area contributed by atoms with Crippen molar-refractivity contribution in [3.05, 3.63) is 35.6 Å². The van der Waals surface area contributed by atoms with Gasteiger partial charge in [-0.05, 0) is 30.5 Å². The average molecular weight is 463 g/mol. The molecule has 0 atom stereocenters. The highest BCUT2D eigenvalue weighted by Gasteiger charge is 2.27. The van der Waals surface area contributed by atoms with Crippen molar-refractivity contribution in [2.24, 2.45) is 4.99 Å². The predicted molar refractivity (Wildman–Crippen MR) is 96.4 cm³/mol. The van der Waals surface area contributed by atoms with E-state index in [0.29, 0.717) is 31.9 Å². The number of hydrogen-bond acceptors (Lipinski definition) is 2. The van der Waals surface area contributed by atoms with Crippen LogP contribution in [0.2, 0.25) is 0 Å². The average Bonchev–Trinajstić information content (AvgIpc) is 2.49. The zero-order valence-corrected chi connectivity index (χ0v) is 15.7. The SMILES string of the molecule is CN=C(NCCCOCC(F)(F)F)NCCc1ccc(F)cc1.I. The highest BCUT2D eigenvalue weighted by molar-refractivity contribution is 14.0. The monoisotopic (exact) mass is 463 g/mol. The second kappa shape index (κ2) is 12.3. The summed E-state index contributed by atoms with van der Waals surface area (Å²) >= 11 is 0. The van der Waals surface area contributed by atoms with Crippen LogP contribution < -0.4 is 10.6 Å². The smallest absolute Gasteiger partial charge is 0.372 e. The normalized spacial score (nSPS) is 11.8. The van der Waals surface area contributed by atoms with Crippen LogP contribution in [0.3, 0.4) is 0 Å². The van der Waals surface area contributed by atoms with Crippen molar-refractivity contribution >= 4 is 29.9 Å². The minimum Gasteiger partial charge on any atom is -0.372 e. The van der Waals surface area contributed by atoms with Gasteiger partial charge >= 0.3 is 6.18 Å². The van der Waals surface area contributed by atoms with Crippen LogP contribution >= 0.6 is 24.0 Å². The van der Waals surface area contributed by atoms with Crippen LogP contribution in [0.4, 0.5) is 17.6 Å². The number of halogens is 5. The molecular formula is C15H22F4IN3O. The van der Waals surface area contributed by atoms with Crippen molar-refractivity contribution in [3.8, 4) is 0 Å². The highest BCUT2D eigenvalue weighted by Crippen LogP contribution is 2.14. The number of rotatable bonds is 8. The summed E-state index contributed by atoms with van der Waals surface area (Å²) in [5.41, 5.74) is 0.995. The topological polar surface area (TPSA) is 45.7 Å². The number of benzene rings is 1. The molecule has 9 heteroatoms. The molecular weight excluding hydrogens is 441 g/mol. The first kappa shape index (κ1) is 22.9. The third-order valence-electron chi connectivity index (χ3n) is 2.87. The molecule has 0 fully saturated rings. The maximum atomic E-state index is 12.8. The van der Waals surface area contributed by atoms with Crippen molar-refractivity contribution in [2.45, 2.75) is 19.0 Å². The fourth-order valence-electron chi connectivity index (χ4n) is 1.77. The van der Waals surface area contributed by atoms with Gasteiger partial charge in [0.15, 0.2) is 5.96 Å². The zero-order chi connectivity index (χ0) is 17.1. The number of nitrogens with zero attached hydrogens (tertiary/aromatic N) is 1. The molecule has 2 N–H and O–H groups in total. The lowest BCUT2D eigenvalue weighted by molar-refractivity contribution is -0.173. The summed E-state index contributed by atoms with van der Waals surface area (Å²) in [7, 11) is 1.60. The van der Waals surface area contributed by atoms with E-state index in [2.05, 4.69) is 20.4 Å². The minimum atomic E-state index is -4.29. The molecule has 0 bridgehead atoms. The summed E-state index contributed by atoms with van der Waals surface area (Å²) < 4.78 is 52.8. The number of nitrogens with one attached hydrogen (secondary N) is 2. The lowest BCUT2D eigenvalue weighted by Gasteiger charge is -2.12. The van der Waals surface area contributed by atoms with Crippen molar-refractivity contribution in [1.82, 2.24) is 10.6 Å². The van der Waals surface area contributed by atoms with Gasteiger partial charge in [0.1, 0.15) is 12.4 Å². The minimum absolute atomic E-state index is 0. The third kappa shape index (κ3) is 11.4. The van der Waals surface area contributed by atoms with Gasteiger partial charge in [0.2, 0.25) is 0 Å². The number of aliphatic imine (C=N–C) groups is 1. The summed E-state index contributed by atoms with van der Waals surface area (Å²) in [6.45, 7) is -0.138. The Kier molecular flexibility index (Phi) is 11.7. The van der Waals surface area contributed by atoms with Gasteiger partial charge < -0.3 is 15.4 Å². The molecule has 0 saturated carbocycles. The fraction of sp³-hybridized carbons (Fsp3) is 0.533. The quantitative estimate of drug-likeness (QED) is 0.205. The first-order valence-corrected chi connectivity index (χ1v) is 7.24. The van der Waals surface area contributed by atoms with E-state index < -0.39 is 12.8 Å². The van der Waals surface area contributed by atoms with Gasteiger partial charge in [-0.1, -0.05) is 12.1 Å². The summed E-state index contributed by atoms with van der Waals surface area (Å²) in [6, 6.07) is 6.24. The van der Waals surface area contributed by atoms with Crippen molar-refractivity contribution < 1.29 is 22.3 Å². The molecule has 1 aromatic carbocycles. The number of guanidine groups is 1. The van der Waals surface area contributed by atoms with Gasteiger partial charge in [0.05, 0.1) is 0 Å². The summed E-state index contributed by atoms with van der Waals surface area (Å²) in [5, 5.41) is 6.05. The van der Waals surface area contributed by atoms with E-state index in [1.807, 2.05) is 0 Å². The Labute approximate surface area is 156 Å². The van der Waals surface area contributed by atoms with Gasteiger partial charge in [-0.25, -0.2) is 4.39 Å². The van der Waals surface area contributed by atoms with Crippen LogP contribution in [0.1, 0.15) is 12.0 Å². The van der Waals surface area contributed by atoms with E-state index in [0.717, 1.165) is 5.56 Å². The highest BCUT2D eigenvalue weighted by atomic mass is 127. The Morgan fingerprint density at radius 2 is 1.75 bits per heavy atom. The van der Waals surface area contributed by atoms with E-state index >= 15 is 0 Å². The maximum absolute atomic E-state index is 12.8. The molecule has 138 valence electrons. The molecule has 0 aliphatic heterocycles. The molecule has 1 rings (SSSR count). The summed E-state index contributed by atoms with van der Waals surface area (Å²) in [4.78, 5) is 4.00. The summed E-state index contributed by atoms with van der Waals surface area (Å²) in [5.74, 6) is 0.287. The predicted octanol–water partition coefficient (Wildman–Crippen LogP) is 3.12. The molecule has 1 aromatic rings. The fourth-order valence-corrected chi connectivity index (χ4v) is 1.77. The lowest BCUT2D eigenvalue weighted by atomic mass is 10.1. The molecule has 0 radical (unpaired) electrons. The van der Waals surface area contributed by atoms with Gasteiger partial charge in [0.25, 0.3) is 0 Å². The van der Waals surface area contributed by atoms with Crippen molar-refractivity contribution in [3.63, 3.8) is 0 Å². The summed E-state index contributed by atoms with van der Waals surface area (Å²) in [6.07, 6.45) is -3.14. The zero-order valence-electron chi connectivity index (χ0n) is 13.3. The Hall–Kier alpha value is -1.10. The van der Waals surface area contributed by atoms with E-state index in [4.69, 9.17) is 0 Å². The Bertz CT molecular complexity index is 481. The van der Waals surface area contributed by atoms with Gasteiger partial charge in [-0.3, -0.25) is 4.99 Å². The first-order valence-electron chi connectivity index (χ1n) is 7.24. The Balaban J connectivity index is 0.00000529. The largest absolute Gasteiger partial charge is 0.411 e. The molecule has 0 aromatic heterocycles. The second-order valence-electron chi connectivity index (χ2n) is 4.82. The van der Waals surface area contributed by atoms with Crippen LogP contribution in [-0.2, 0) is 11.2 Å². The van der Waals surface area contributed by atoms with E-state index in [9.17, 15) is 17.6 Å². The van der Waals surface area contributed by atoms with Crippen molar-refractivity contribution in [2.75, 3.05) is 33.4 Å². The molecule has 0 aliphatic carbocycles. The lowest BCUT2D eigenvalue weighted by Crippen LogP contribution is -2.39. The van der Waals surface area contributed by atoms with E-state index in [1.54, 1.807) is 19.2 Å². The number of alkyl halides is 3. The molecule has 0 amide bonds. The first-order chi connectivity index (χ1) is 10.9. The molecule has 4 nitrogen and oxygen atoms in total. The molecule has 0 spiro atoms. The molecule has 0 saturated heterocycles. The number of hydrogen-bond donors (Lipinski definition) is 2. The van der Waals surface area contributed by atoms with Gasteiger partial charge in [-0.2, -0.15) is 13.2 Å². The van der Waals surface area contributed by atoms with Crippen LogP contribution in [0.15, 0.2) is 29.3 Å². The Morgan fingerprint density at radius 3 is 2.33 bits per heavy atom. The second-order valence-corrected chi connectivity index (χ2v) is 4.82. The van der Waals surface area contributed by atoms with Gasteiger partial charge in [0, 0.05) is 26.7 Å². The molecule has 0 unspecified atom stereocenters. The third-order valence-corrected chi connectivity index (χ3v) is 2.87. The van der Waals surface area contributed by atoms with Gasteiger partial charge in [-0.15, -0.1) is 24.0 Å². The molecule has 0 heterocycles. The molecule has 0 aliphatic rings. The number of ether oxygens (including phenoxy) is 1. The van der Waals surface area contributed by atoms with E-state index in [1.165, 1.54) is 12.1 Å². The van der Waals surface area contributed by atoms with E-state index in [-0.39, 0.29) is 36.4 Å². The van der Waals surface area contributed by atoms with Crippen molar-refractivity contribution in [1.29, 1.82) is 0 Å². The molecule has 24 heavy (non-hydrogen) atoms. The standard InChI is InChI=1S/C15H21F4N3O.HI/c1-20-14(21-8-2-10-23-11-15(17,18)19)22-9-7-12-3-5-13(16)6-4-12;/h3-6H,2,7-11H2,1H3,(H2,20,21,22);1H. The Morgan fingerprint density at radius 1 is 1.12 bits per heavy atom. The van der Waals surface area contributed by atoms with Crippen LogP contribution in [0.5, 0.6) is 0 Å². The van der Waals surface area contributed by atoms with Crippen LogP contribution in [-0.4, -0.2) is 45.5 Å². The van der Waals surface area contributed by atoms with Crippen LogP contribution in [0, 0.1) is 5.82 Å². The van der Waals surface area contributed by atoms with Crippen LogP contribution in [0.25, 0.3) is 0 Å². The maximum Gasteiger partial charge on any atom is 0.411 e.